The summed E-state index contributed by atoms with van der Waals surface area (Å²) in [6.07, 6.45) is 0. The number of rotatable bonds is 0. The number of nitrogens with two attached hydrogens (primary N) is 2. The second kappa shape index (κ2) is 17.8. The highest BCUT2D eigenvalue weighted by Gasteiger charge is 1.96. The van der Waals surface area contributed by atoms with E-state index in [9.17, 15) is 0 Å². The van der Waals surface area contributed by atoms with Gasteiger partial charge in [0.05, 0.1) is 0 Å². The Balaban J connectivity index is -0.000000134. The van der Waals surface area contributed by atoms with Crippen LogP contribution in [-0.4, -0.2) is 84.0 Å². The van der Waals surface area contributed by atoms with Crippen LogP contribution in [0, 0.1) is 21.6 Å². The maximum atomic E-state index is 9.00. The Hall–Kier alpha value is -3.58. The number of nitrogens with zero attached hydrogens (tertiary/aromatic N) is 2. The van der Waals surface area contributed by atoms with E-state index in [1.54, 1.807) is 28.2 Å². The van der Waals surface area contributed by atoms with Crippen LogP contribution in [0.3, 0.4) is 0 Å². The van der Waals surface area contributed by atoms with E-state index in [2.05, 4.69) is 10.6 Å². The summed E-state index contributed by atoms with van der Waals surface area (Å²) in [4.78, 5) is 21.0. The number of hydrogen-bond donors (Lipinski definition) is 10. The molecule has 0 heterocycles. The summed E-state index contributed by atoms with van der Waals surface area (Å²) in [7, 11) is 6.77. The molecule has 0 aliphatic carbocycles. The van der Waals surface area contributed by atoms with E-state index in [1.807, 2.05) is 0 Å². The van der Waals surface area contributed by atoms with Gasteiger partial charge in [0.25, 0.3) is 11.9 Å². The van der Waals surface area contributed by atoms with Crippen molar-refractivity contribution in [2.45, 2.75) is 13.8 Å². The first-order valence-electron chi connectivity index (χ1n) is 6.67. The minimum atomic E-state index is -0.833. The zero-order valence-electron chi connectivity index (χ0n) is 15.8. The van der Waals surface area contributed by atoms with Crippen LogP contribution in [0.25, 0.3) is 0 Å². The fourth-order valence-corrected chi connectivity index (χ4v) is 0.479. The average molecular weight is 378 g/mol. The lowest BCUT2D eigenvalue weighted by atomic mass is 10.8. The van der Waals surface area contributed by atoms with Gasteiger partial charge in [0, 0.05) is 42.0 Å². The molecule has 0 aromatic heterocycles. The Morgan fingerprint density at radius 1 is 0.731 bits per heavy atom. The minimum absolute atomic E-state index is 0.113. The van der Waals surface area contributed by atoms with Gasteiger partial charge in [-0.3, -0.25) is 41.9 Å². The lowest BCUT2D eigenvalue weighted by Gasteiger charge is -2.13. The van der Waals surface area contributed by atoms with Crippen molar-refractivity contribution in [2.75, 3.05) is 28.2 Å². The molecule has 0 spiro atoms. The van der Waals surface area contributed by atoms with Gasteiger partial charge in [-0.2, -0.15) is 0 Å². The molecule has 14 nitrogen and oxygen atoms in total. The zero-order valence-corrected chi connectivity index (χ0v) is 15.8. The normalized spacial score (nSPS) is 7.62. The molecule has 0 saturated heterocycles. The topological polar surface area (TPSA) is 253 Å². The smallest absolute Gasteiger partial charge is 0.300 e. The number of hydrogen-bond acceptors (Lipinski definition) is 6. The van der Waals surface area contributed by atoms with Crippen molar-refractivity contribution in [1.82, 2.24) is 20.4 Å². The molecule has 0 radical (unpaired) electrons. The molecular weight excluding hydrogens is 348 g/mol. The summed E-state index contributed by atoms with van der Waals surface area (Å²) >= 11 is 0. The van der Waals surface area contributed by atoms with Gasteiger partial charge in [-0.15, -0.1) is 0 Å². The largest absolute Gasteiger partial charge is 0.481 e. The molecule has 14 heteroatoms. The summed E-state index contributed by atoms with van der Waals surface area (Å²) in [5.74, 6) is -1.87. The third kappa shape index (κ3) is 49.9. The highest BCUT2D eigenvalue weighted by Crippen LogP contribution is 1.70. The number of nitrogens with one attached hydrogen (secondary N) is 6. The number of guanidine groups is 4. The molecular formula is C12H30N10O4. The number of carboxylic acid groups (broad SMARTS) is 2. The van der Waals surface area contributed by atoms with Crippen LogP contribution in [0.1, 0.15) is 13.8 Å². The van der Waals surface area contributed by atoms with Gasteiger partial charge in [-0.05, 0) is 0 Å². The predicted octanol–water partition coefficient (Wildman–Crippen LogP) is -1.89. The number of aliphatic carboxylic acids is 2. The first-order valence-corrected chi connectivity index (χ1v) is 6.67. The van der Waals surface area contributed by atoms with E-state index < -0.39 is 11.9 Å². The lowest BCUT2D eigenvalue weighted by molar-refractivity contribution is -0.135. The molecule has 0 amide bonds. The first-order chi connectivity index (χ1) is 11.5. The summed E-state index contributed by atoms with van der Waals surface area (Å²) in [6.45, 7) is 2.17. The van der Waals surface area contributed by atoms with Gasteiger partial charge in [0.15, 0.2) is 23.8 Å². The maximum absolute atomic E-state index is 9.00. The molecule has 12 N–H and O–H groups in total. The van der Waals surface area contributed by atoms with Crippen molar-refractivity contribution in [3.05, 3.63) is 0 Å². The molecule has 0 aliphatic heterocycles. The lowest BCUT2D eigenvalue weighted by Crippen LogP contribution is -2.42. The average Bonchev–Trinajstić information content (AvgIpc) is 2.36. The number of carbonyl (C=O) groups is 2. The van der Waals surface area contributed by atoms with Crippen molar-refractivity contribution >= 4 is 35.8 Å². The molecule has 0 aromatic carbocycles. The molecule has 0 fully saturated rings. The van der Waals surface area contributed by atoms with Crippen molar-refractivity contribution in [3.8, 4) is 0 Å². The van der Waals surface area contributed by atoms with Crippen LogP contribution in [0.2, 0.25) is 0 Å². The summed E-state index contributed by atoms with van der Waals surface area (Å²) in [5.41, 5.74) is 9.87. The van der Waals surface area contributed by atoms with Crippen molar-refractivity contribution in [3.63, 3.8) is 0 Å². The van der Waals surface area contributed by atoms with E-state index in [0.717, 1.165) is 13.8 Å². The molecule has 0 unspecified atom stereocenters. The predicted molar refractivity (Wildman–Crippen MR) is 99.5 cm³/mol. The molecule has 0 aliphatic rings. The zero-order chi connectivity index (χ0) is 22.0. The van der Waals surface area contributed by atoms with Gasteiger partial charge in [-0.1, -0.05) is 0 Å². The Morgan fingerprint density at radius 3 is 0.923 bits per heavy atom. The van der Waals surface area contributed by atoms with Crippen LogP contribution in [0.4, 0.5) is 0 Å². The van der Waals surface area contributed by atoms with Gasteiger partial charge in [-0.25, -0.2) is 0 Å². The van der Waals surface area contributed by atoms with Gasteiger partial charge in [0.2, 0.25) is 0 Å². The Morgan fingerprint density at radius 2 is 0.885 bits per heavy atom. The van der Waals surface area contributed by atoms with Crippen LogP contribution < -0.4 is 22.1 Å². The molecule has 0 aromatic rings. The fourth-order valence-electron chi connectivity index (χ4n) is 0.479. The van der Waals surface area contributed by atoms with Gasteiger partial charge < -0.3 is 31.5 Å². The Bertz CT molecular complexity index is 438. The van der Waals surface area contributed by atoms with Crippen LogP contribution >= 0.6 is 0 Å². The van der Waals surface area contributed by atoms with E-state index in [0.29, 0.717) is 0 Å². The van der Waals surface area contributed by atoms with Gasteiger partial charge in [0.1, 0.15) is 0 Å². The number of carboxylic acids is 2. The fraction of sp³-hybridized carbons (Fsp3) is 0.500. The monoisotopic (exact) mass is 378 g/mol. The second-order valence-electron chi connectivity index (χ2n) is 4.60. The maximum Gasteiger partial charge on any atom is 0.300 e. The molecule has 0 bridgehead atoms. The van der Waals surface area contributed by atoms with Crippen LogP contribution in [-0.2, 0) is 9.59 Å². The SMILES string of the molecule is CC(=O)O.CC(=O)O.CN(C)C(=N)NC(=N)N.CN(C)C(=N)NC(=N)N. The standard InChI is InChI=1S/2C4H11N5.2C2H4O2/c2*1-9(2)4(7)8-3(5)6;2*1-2(3)4/h2*1-2H3,(H5,5,6,7,8);2*1H3,(H,3,4). The molecule has 0 atom stereocenters. The summed E-state index contributed by atoms with van der Waals surface area (Å²) in [6, 6.07) is 0. The molecule has 0 saturated carbocycles. The molecule has 26 heavy (non-hydrogen) atoms. The van der Waals surface area contributed by atoms with E-state index in [-0.39, 0.29) is 23.8 Å². The van der Waals surface area contributed by atoms with E-state index in [4.69, 9.17) is 52.9 Å². The highest BCUT2D eigenvalue weighted by molar-refractivity contribution is 5.95. The minimum Gasteiger partial charge on any atom is -0.481 e. The van der Waals surface area contributed by atoms with Crippen LogP contribution in [0.15, 0.2) is 0 Å². The van der Waals surface area contributed by atoms with Crippen molar-refractivity contribution in [2.24, 2.45) is 11.5 Å². The summed E-state index contributed by atoms with van der Waals surface area (Å²) < 4.78 is 0. The Labute approximate surface area is 152 Å². The Kier molecular flexibility index (Phi) is 20.7. The van der Waals surface area contributed by atoms with E-state index >= 15 is 0 Å². The molecule has 0 rings (SSSR count). The quantitative estimate of drug-likeness (QED) is 0.165. The van der Waals surface area contributed by atoms with Crippen LogP contribution in [0.5, 0.6) is 0 Å². The third-order valence-corrected chi connectivity index (χ3v) is 1.40. The van der Waals surface area contributed by atoms with Gasteiger partial charge >= 0.3 is 0 Å². The van der Waals surface area contributed by atoms with E-state index in [1.165, 1.54) is 9.80 Å². The first kappa shape index (κ1) is 30.3. The second-order valence-corrected chi connectivity index (χ2v) is 4.60. The van der Waals surface area contributed by atoms with Crippen molar-refractivity contribution < 1.29 is 19.8 Å². The van der Waals surface area contributed by atoms with Crippen molar-refractivity contribution in [1.29, 1.82) is 21.6 Å². The molecule has 152 valence electrons. The third-order valence-electron chi connectivity index (χ3n) is 1.40. The summed E-state index contributed by atoms with van der Waals surface area (Å²) in [5, 5.41) is 47.0. The highest BCUT2D eigenvalue weighted by atomic mass is 16.4.